The van der Waals surface area contributed by atoms with Crippen molar-refractivity contribution in [2.45, 2.75) is 6.92 Å². The smallest absolute Gasteiger partial charge is 0.207 e. The van der Waals surface area contributed by atoms with Gasteiger partial charge < -0.3 is 4.57 Å². The molecular weight excluding hydrogens is 367 g/mol. The summed E-state index contributed by atoms with van der Waals surface area (Å²) < 4.78 is 17.0. The van der Waals surface area contributed by atoms with Gasteiger partial charge in [0.25, 0.3) is 0 Å². The van der Waals surface area contributed by atoms with Crippen LogP contribution in [0.25, 0.3) is 38.8 Å². The molecule has 0 bridgehead atoms. The number of nitrogens with zero attached hydrogens (tertiary/aromatic N) is 5. The molecule has 5 aromatic rings. The third kappa shape index (κ3) is 2.62. The number of fused-ring (bicyclic) bond motifs is 3. The van der Waals surface area contributed by atoms with Crippen LogP contribution in [0.15, 0.2) is 61.2 Å². The third-order valence-electron chi connectivity index (χ3n) is 5.24. The molecule has 0 unspecified atom stereocenters. The molecule has 3 aromatic heterocycles. The van der Waals surface area contributed by atoms with Gasteiger partial charge in [-0.05, 0) is 42.3 Å². The van der Waals surface area contributed by atoms with Crippen LogP contribution in [0.3, 0.4) is 0 Å². The summed E-state index contributed by atoms with van der Waals surface area (Å²) in [6.07, 6.45) is 5.00. The number of hydrogen-bond acceptors (Lipinski definition) is 4. The highest BCUT2D eigenvalue weighted by molar-refractivity contribution is 6.04. The summed E-state index contributed by atoms with van der Waals surface area (Å²) in [6, 6.07) is 12.4. The number of imidazole rings is 1. The van der Waals surface area contributed by atoms with Gasteiger partial charge in [-0.1, -0.05) is 18.2 Å². The zero-order chi connectivity index (χ0) is 20.1. The summed E-state index contributed by atoms with van der Waals surface area (Å²) in [4.78, 5) is 13.0. The summed E-state index contributed by atoms with van der Waals surface area (Å²) in [5, 5.41) is 9.58. The summed E-state index contributed by atoms with van der Waals surface area (Å²) in [7, 11) is 1.84. The van der Waals surface area contributed by atoms with Crippen molar-refractivity contribution in [3.05, 3.63) is 78.3 Å². The average Bonchev–Trinajstić information content (AvgIpc) is 2.99. The first-order valence-electron chi connectivity index (χ1n) is 9.12. The maximum absolute atomic E-state index is 13.3. The Hall–Kier alpha value is -3.87. The summed E-state index contributed by atoms with van der Waals surface area (Å²) in [6.45, 7) is 1.90. The molecule has 0 saturated carbocycles. The minimum absolute atomic E-state index is 0.266. The number of pyridine rings is 1. The molecule has 6 nitrogen and oxygen atoms in total. The highest BCUT2D eigenvalue weighted by atomic mass is 19.1. The molecule has 29 heavy (non-hydrogen) atoms. The van der Waals surface area contributed by atoms with Gasteiger partial charge in [0.1, 0.15) is 12.1 Å². The molecule has 0 radical (unpaired) electrons. The summed E-state index contributed by atoms with van der Waals surface area (Å²) >= 11 is 0. The van der Waals surface area contributed by atoms with Crippen molar-refractivity contribution in [2.75, 3.05) is 0 Å². The van der Waals surface area contributed by atoms with Crippen LogP contribution in [0, 0.1) is 18.2 Å². The number of halogens is 1. The largest absolute Gasteiger partial charge is 0.312 e. The zero-order valence-corrected chi connectivity index (χ0v) is 15.9. The van der Waals surface area contributed by atoms with Gasteiger partial charge in [0.05, 0.1) is 40.3 Å². The van der Waals surface area contributed by atoms with Crippen molar-refractivity contribution in [3.63, 3.8) is 0 Å². The van der Waals surface area contributed by atoms with Crippen LogP contribution in [0.2, 0.25) is 0 Å². The minimum Gasteiger partial charge on any atom is -0.312 e. The van der Waals surface area contributed by atoms with E-state index in [1.165, 1.54) is 18.5 Å². The summed E-state index contributed by atoms with van der Waals surface area (Å²) in [5.41, 5.74) is 6.23. The second kappa shape index (κ2) is 6.34. The first kappa shape index (κ1) is 17.2. The van der Waals surface area contributed by atoms with Gasteiger partial charge in [-0.2, -0.15) is 0 Å². The standard InChI is InChI=1S/C22H17FN6/c1-13-19(10-25-12-27-13)29-21-17-9-15(14-3-6-16(23)7-4-14)5-8-18(17)26-11-20(21)28(2)22(29)24/h3-12,24H,1-2H3. The molecule has 2 aromatic carbocycles. The molecule has 3 heterocycles. The van der Waals surface area contributed by atoms with Crippen molar-refractivity contribution in [1.29, 1.82) is 5.41 Å². The maximum atomic E-state index is 13.3. The number of nitrogens with one attached hydrogen (secondary N) is 1. The second-order valence-corrected chi connectivity index (χ2v) is 6.94. The van der Waals surface area contributed by atoms with Gasteiger partial charge in [-0.3, -0.25) is 15.0 Å². The third-order valence-corrected chi connectivity index (χ3v) is 5.24. The van der Waals surface area contributed by atoms with Crippen molar-refractivity contribution < 1.29 is 4.39 Å². The van der Waals surface area contributed by atoms with Gasteiger partial charge >= 0.3 is 0 Å². The monoisotopic (exact) mass is 384 g/mol. The fraction of sp³-hybridized carbons (Fsp3) is 0.0909. The van der Waals surface area contributed by atoms with Crippen LogP contribution in [0.4, 0.5) is 4.39 Å². The Kier molecular flexibility index (Phi) is 3.77. The van der Waals surface area contributed by atoms with E-state index in [2.05, 4.69) is 15.0 Å². The normalized spacial score (nSPS) is 11.4. The molecule has 0 amide bonds. The van der Waals surface area contributed by atoms with E-state index in [1.54, 1.807) is 29.1 Å². The molecule has 0 aliphatic carbocycles. The molecule has 5 rings (SSSR count). The Balaban J connectivity index is 1.89. The van der Waals surface area contributed by atoms with Crippen molar-refractivity contribution in [1.82, 2.24) is 24.1 Å². The lowest BCUT2D eigenvalue weighted by Gasteiger charge is -2.09. The van der Waals surface area contributed by atoms with Crippen LogP contribution in [-0.2, 0) is 7.05 Å². The Bertz CT molecular complexity index is 1450. The number of hydrogen-bond donors (Lipinski definition) is 1. The highest BCUT2D eigenvalue weighted by Crippen LogP contribution is 2.30. The second-order valence-electron chi connectivity index (χ2n) is 6.94. The van der Waals surface area contributed by atoms with Gasteiger partial charge in [-0.15, -0.1) is 0 Å². The fourth-order valence-corrected chi connectivity index (χ4v) is 3.68. The number of benzene rings is 2. The van der Waals surface area contributed by atoms with Crippen molar-refractivity contribution in [3.8, 4) is 16.8 Å². The molecular formula is C22H17FN6. The van der Waals surface area contributed by atoms with E-state index in [1.807, 2.05) is 36.7 Å². The predicted octanol–water partition coefficient (Wildman–Crippen LogP) is 3.90. The topological polar surface area (TPSA) is 72.4 Å². The highest BCUT2D eigenvalue weighted by Gasteiger charge is 2.16. The lowest BCUT2D eigenvalue weighted by atomic mass is 10.0. The Labute approximate surface area is 165 Å². The van der Waals surface area contributed by atoms with Crippen LogP contribution in [0.5, 0.6) is 0 Å². The van der Waals surface area contributed by atoms with E-state index in [0.717, 1.165) is 44.4 Å². The quantitative estimate of drug-likeness (QED) is 0.502. The molecule has 0 fully saturated rings. The van der Waals surface area contributed by atoms with E-state index >= 15 is 0 Å². The van der Waals surface area contributed by atoms with Gasteiger partial charge in [0, 0.05) is 12.4 Å². The summed E-state index contributed by atoms with van der Waals surface area (Å²) in [5.74, 6) is -0.266. The molecule has 1 N–H and O–H groups in total. The first-order valence-corrected chi connectivity index (χ1v) is 9.12. The zero-order valence-electron chi connectivity index (χ0n) is 15.9. The number of rotatable bonds is 2. The lowest BCUT2D eigenvalue weighted by Crippen LogP contribution is -2.22. The Morgan fingerprint density at radius 3 is 2.48 bits per heavy atom. The van der Waals surface area contributed by atoms with Crippen molar-refractivity contribution >= 4 is 21.9 Å². The average molecular weight is 384 g/mol. The van der Waals surface area contributed by atoms with E-state index in [9.17, 15) is 4.39 Å². The molecule has 0 aliphatic rings. The Morgan fingerprint density at radius 1 is 0.966 bits per heavy atom. The first-order chi connectivity index (χ1) is 14.0. The number of aryl methyl sites for hydroxylation is 2. The fourth-order valence-electron chi connectivity index (χ4n) is 3.68. The molecule has 7 heteroatoms. The van der Waals surface area contributed by atoms with Crippen LogP contribution in [0.1, 0.15) is 5.69 Å². The van der Waals surface area contributed by atoms with Crippen molar-refractivity contribution in [2.24, 2.45) is 7.05 Å². The van der Waals surface area contributed by atoms with E-state index in [0.29, 0.717) is 5.62 Å². The van der Waals surface area contributed by atoms with Gasteiger partial charge in [-0.25, -0.2) is 14.4 Å². The van der Waals surface area contributed by atoms with Crippen LogP contribution >= 0.6 is 0 Å². The van der Waals surface area contributed by atoms with Crippen LogP contribution < -0.4 is 5.62 Å². The van der Waals surface area contributed by atoms with E-state index < -0.39 is 0 Å². The maximum Gasteiger partial charge on any atom is 0.207 e. The minimum atomic E-state index is -0.266. The molecule has 0 atom stereocenters. The van der Waals surface area contributed by atoms with E-state index in [4.69, 9.17) is 5.41 Å². The molecule has 0 spiro atoms. The molecule has 142 valence electrons. The lowest BCUT2D eigenvalue weighted by molar-refractivity contribution is 0.628. The molecule has 0 saturated heterocycles. The van der Waals surface area contributed by atoms with Crippen LogP contribution in [-0.4, -0.2) is 24.1 Å². The molecule has 0 aliphatic heterocycles. The number of aromatic nitrogens is 5. The SMILES string of the molecule is Cc1ncncc1-n1c(=N)n(C)c2cnc3ccc(-c4ccc(F)cc4)cc3c21. The van der Waals surface area contributed by atoms with Gasteiger partial charge in [0.2, 0.25) is 5.62 Å². The van der Waals surface area contributed by atoms with E-state index in [-0.39, 0.29) is 5.82 Å². The Morgan fingerprint density at radius 2 is 1.72 bits per heavy atom. The van der Waals surface area contributed by atoms with Gasteiger partial charge in [0.15, 0.2) is 0 Å². The predicted molar refractivity (Wildman–Crippen MR) is 109 cm³/mol.